The first kappa shape index (κ1) is 17.8. The highest BCUT2D eigenvalue weighted by atomic mass is 16.3. The molecule has 0 unspecified atom stereocenters. The van der Waals surface area contributed by atoms with E-state index in [-0.39, 0.29) is 11.8 Å². The third-order valence-electron chi connectivity index (χ3n) is 3.66. The minimum atomic E-state index is 0.119. The molecule has 0 aliphatic heterocycles. The molecule has 4 nitrogen and oxygen atoms in total. The molecule has 21 heavy (non-hydrogen) atoms. The van der Waals surface area contributed by atoms with E-state index < -0.39 is 0 Å². The maximum Gasteiger partial charge on any atom is 0.220 e. The van der Waals surface area contributed by atoms with Crippen molar-refractivity contribution in [2.45, 2.75) is 51.4 Å². The van der Waals surface area contributed by atoms with Gasteiger partial charge in [0, 0.05) is 25.4 Å². The van der Waals surface area contributed by atoms with Gasteiger partial charge in [0.25, 0.3) is 0 Å². The van der Waals surface area contributed by atoms with Gasteiger partial charge in [0.15, 0.2) is 0 Å². The minimum Gasteiger partial charge on any atom is -0.469 e. The van der Waals surface area contributed by atoms with Crippen LogP contribution in [0.4, 0.5) is 0 Å². The molecule has 0 fully saturated rings. The van der Waals surface area contributed by atoms with Gasteiger partial charge in [0.2, 0.25) is 5.91 Å². The van der Waals surface area contributed by atoms with Crippen molar-refractivity contribution in [2.24, 2.45) is 0 Å². The van der Waals surface area contributed by atoms with Gasteiger partial charge in [0.1, 0.15) is 5.76 Å². The maximum atomic E-state index is 12.0. The fraction of sp³-hybridized carbons (Fsp3) is 0.706. The Morgan fingerprint density at radius 2 is 2.14 bits per heavy atom. The fourth-order valence-electron chi connectivity index (χ4n) is 2.40. The molecule has 0 saturated heterocycles. The summed E-state index contributed by atoms with van der Waals surface area (Å²) in [4.78, 5) is 14.1. The number of hydrogen-bond donors (Lipinski definition) is 1. The molecule has 0 aliphatic carbocycles. The number of likely N-dealkylation sites (N-methyl/N-ethyl adjacent to an activating group) is 1. The van der Waals surface area contributed by atoms with E-state index in [1.54, 1.807) is 6.26 Å². The van der Waals surface area contributed by atoms with Gasteiger partial charge in [-0.15, -0.1) is 0 Å². The number of furan rings is 1. The van der Waals surface area contributed by atoms with Crippen molar-refractivity contribution < 1.29 is 9.21 Å². The van der Waals surface area contributed by atoms with Gasteiger partial charge in [-0.25, -0.2) is 0 Å². The number of carbonyl (C=O) groups is 1. The molecule has 0 aliphatic rings. The van der Waals surface area contributed by atoms with Crippen LogP contribution in [0.1, 0.15) is 57.1 Å². The molecule has 120 valence electrons. The third-order valence-corrected chi connectivity index (χ3v) is 3.66. The summed E-state index contributed by atoms with van der Waals surface area (Å²) in [5.41, 5.74) is 0. The molecule has 4 heteroatoms. The molecule has 1 aromatic heterocycles. The fourth-order valence-corrected chi connectivity index (χ4v) is 2.40. The lowest BCUT2D eigenvalue weighted by molar-refractivity contribution is -0.121. The molecule has 0 bridgehead atoms. The molecule has 1 heterocycles. The third kappa shape index (κ3) is 7.90. The second-order valence-corrected chi connectivity index (χ2v) is 5.92. The van der Waals surface area contributed by atoms with Crippen LogP contribution < -0.4 is 5.32 Å². The van der Waals surface area contributed by atoms with Crippen molar-refractivity contribution in [2.75, 3.05) is 27.2 Å². The second kappa shape index (κ2) is 10.4. The summed E-state index contributed by atoms with van der Waals surface area (Å²) in [6, 6.07) is 3.88. The first-order valence-corrected chi connectivity index (χ1v) is 8.08. The Hall–Kier alpha value is -1.29. The second-order valence-electron chi connectivity index (χ2n) is 5.92. The average molecular weight is 294 g/mol. The molecule has 0 spiro atoms. The van der Waals surface area contributed by atoms with Gasteiger partial charge in [-0.3, -0.25) is 4.79 Å². The van der Waals surface area contributed by atoms with E-state index in [0.29, 0.717) is 13.0 Å². The standard InChI is InChI=1S/C17H30N2O2/c1-4-5-6-7-9-15(16-10-8-13-21-16)14-17(20)18-11-12-19(2)3/h8,10,13,15H,4-7,9,11-12,14H2,1-3H3,(H,18,20)/t15-/m0/s1. The van der Waals surface area contributed by atoms with Crippen molar-refractivity contribution in [3.05, 3.63) is 24.2 Å². The zero-order valence-corrected chi connectivity index (χ0v) is 13.7. The lowest BCUT2D eigenvalue weighted by atomic mass is 9.94. The van der Waals surface area contributed by atoms with Crippen molar-refractivity contribution >= 4 is 5.91 Å². The first-order valence-electron chi connectivity index (χ1n) is 8.08. The summed E-state index contributed by atoms with van der Waals surface area (Å²) < 4.78 is 5.51. The molecule has 0 saturated carbocycles. The van der Waals surface area contributed by atoms with Crippen LogP contribution in [-0.2, 0) is 4.79 Å². The zero-order valence-electron chi connectivity index (χ0n) is 13.7. The first-order chi connectivity index (χ1) is 10.1. The van der Waals surface area contributed by atoms with Crippen LogP contribution in [0.25, 0.3) is 0 Å². The highest BCUT2D eigenvalue weighted by molar-refractivity contribution is 5.76. The quantitative estimate of drug-likeness (QED) is 0.636. The highest BCUT2D eigenvalue weighted by Gasteiger charge is 2.18. The van der Waals surface area contributed by atoms with Crippen LogP contribution in [0.2, 0.25) is 0 Å². The van der Waals surface area contributed by atoms with Gasteiger partial charge < -0.3 is 14.6 Å². The summed E-state index contributed by atoms with van der Waals surface area (Å²) in [5.74, 6) is 1.26. The molecule has 0 radical (unpaired) electrons. The van der Waals surface area contributed by atoms with Crippen molar-refractivity contribution in [1.29, 1.82) is 0 Å². The smallest absolute Gasteiger partial charge is 0.220 e. The molecule has 0 aromatic carbocycles. The van der Waals surface area contributed by atoms with Gasteiger partial charge in [-0.05, 0) is 32.6 Å². The van der Waals surface area contributed by atoms with Crippen LogP contribution in [0, 0.1) is 0 Å². The van der Waals surface area contributed by atoms with Crippen molar-refractivity contribution in [3.63, 3.8) is 0 Å². The summed E-state index contributed by atoms with van der Waals surface area (Å²) in [5, 5.41) is 2.99. The van der Waals surface area contributed by atoms with E-state index >= 15 is 0 Å². The van der Waals surface area contributed by atoms with Crippen LogP contribution in [0.3, 0.4) is 0 Å². The van der Waals surface area contributed by atoms with Gasteiger partial charge in [-0.1, -0.05) is 32.6 Å². The molecule has 1 N–H and O–H groups in total. The lowest BCUT2D eigenvalue weighted by Crippen LogP contribution is -2.32. The number of rotatable bonds is 11. The summed E-state index contributed by atoms with van der Waals surface area (Å²) in [7, 11) is 4.01. The Morgan fingerprint density at radius 3 is 2.76 bits per heavy atom. The topological polar surface area (TPSA) is 45.5 Å². The van der Waals surface area contributed by atoms with E-state index in [1.807, 2.05) is 26.2 Å². The van der Waals surface area contributed by atoms with Gasteiger partial charge in [0.05, 0.1) is 6.26 Å². The Morgan fingerprint density at radius 1 is 1.33 bits per heavy atom. The number of amides is 1. The van der Waals surface area contributed by atoms with E-state index in [0.717, 1.165) is 25.1 Å². The van der Waals surface area contributed by atoms with Crippen LogP contribution in [0.15, 0.2) is 22.8 Å². The van der Waals surface area contributed by atoms with Gasteiger partial charge in [-0.2, -0.15) is 0 Å². The number of unbranched alkanes of at least 4 members (excludes halogenated alkanes) is 3. The molecule has 1 aromatic rings. The zero-order chi connectivity index (χ0) is 15.5. The largest absolute Gasteiger partial charge is 0.469 e. The van der Waals surface area contributed by atoms with E-state index in [2.05, 4.69) is 17.1 Å². The Balaban J connectivity index is 2.39. The normalized spacial score (nSPS) is 12.6. The Labute approximate surface area is 128 Å². The Kier molecular flexibility index (Phi) is 8.83. The number of nitrogens with zero attached hydrogens (tertiary/aromatic N) is 1. The summed E-state index contributed by atoms with van der Waals surface area (Å²) >= 11 is 0. The lowest BCUT2D eigenvalue weighted by Gasteiger charge is -2.15. The predicted molar refractivity (Wildman–Crippen MR) is 86.4 cm³/mol. The molecular weight excluding hydrogens is 264 g/mol. The number of hydrogen-bond acceptors (Lipinski definition) is 3. The molecular formula is C17H30N2O2. The van der Waals surface area contributed by atoms with Crippen LogP contribution in [-0.4, -0.2) is 38.0 Å². The van der Waals surface area contributed by atoms with E-state index in [9.17, 15) is 4.79 Å². The molecule has 1 rings (SSSR count). The van der Waals surface area contributed by atoms with Crippen LogP contribution >= 0.6 is 0 Å². The SMILES string of the molecule is CCCCCC[C@@H](CC(=O)NCCN(C)C)c1ccco1. The number of carbonyl (C=O) groups excluding carboxylic acids is 1. The van der Waals surface area contributed by atoms with E-state index in [1.165, 1.54) is 19.3 Å². The van der Waals surface area contributed by atoms with E-state index in [4.69, 9.17) is 4.42 Å². The minimum absolute atomic E-state index is 0.119. The monoisotopic (exact) mass is 294 g/mol. The van der Waals surface area contributed by atoms with Crippen LogP contribution in [0.5, 0.6) is 0 Å². The average Bonchev–Trinajstić information content (AvgIpc) is 2.95. The molecule has 1 atom stereocenters. The summed E-state index contributed by atoms with van der Waals surface area (Å²) in [6.07, 6.45) is 8.12. The van der Waals surface area contributed by atoms with Crippen molar-refractivity contribution in [1.82, 2.24) is 10.2 Å². The number of nitrogens with one attached hydrogen (secondary N) is 1. The molecule has 1 amide bonds. The highest BCUT2D eigenvalue weighted by Crippen LogP contribution is 2.26. The predicted octanol–water partition coefficient (Wildman–Crippen LogP) is 3.40. The Bertz CT molecular complexity index is 374. The van der Waals surface area contributed by atoms with Crippen molar-refractivity contribution in [3.8, 4) is 0 Å². The maximum absolute atomic E-state index is 12.0. The van der Waals surface area contributed by atoms with Gasteiger partial charge >= 0.3 is 0 Å². The summed E-state index contributed by atoms with van der Waals surface area (Å²) in [6.45, 7) is 3.78.